The lowest BCUT2D eigenvalue weighted by atomic mass is 9.81. The van der Waals surface area contributed by atoms with Gasteiger partial charge in [0.1, 0.15) is 0 Å². The second kappa shape index (κ2) is 5.21. The quantitative estimate of drug-likeness (QED) is 0.664. The van der Waals surface area contributed by atoms with Gasteiger partial charge >= 0.3 is 0 Å². The molecule has 0 N–H and O–H groups in total. The molecule has 21 heavy (non-hydrogen) atoms. The lowest BCUT2D eigenvalue weighted by Crippen LogP contribution is -2.14. The molecule has 0 atom stereocenters. The lowest BCUT2D eigenvalue weighted by Gasteiger charge is -2.22. The van der Waals surface area contributed by atoms with Gasteiger partial charge < -0.3 is 0 Å². The predicted molar refractivity (Wildman–Crippen MR) is 92.1 cm³/mol. The fourth-order valence-electron chi connectivity index (χ4n) is 3.16. The molecular weight excluding hydrogens is 252 g/mol. The Bertz CT molecular complexity index is 728. The molecule has 0 bridgehead atoms. The Morgan fingerprint density at radius 1 is 0.905 bits per heavy atom. The van der Waals surface area contributed by atoms with Gasteiger partial charge in [-0.3, -0.25) is 0 Å². The van der Waals surface area contributed by atoms with Crippen LogP contribution in [0.1, 0.15) is 30.5 Å². The minimum absolute atomic E-state index is 0.0152. The summed E-state index contributed by atoms with van der Waals surface area (Å²) in [4.78, 5) is 0. The van der Waals surface area contributed by atoms with E-state index in [1.54, 1.807) is 0 Å². The van der Waals surface area contributed by atoms with Crippen molar-refractivity contribution in [3.8, 4) is 0 Å². The Kier molecular flexibility index (Phi) is 3.39. The molecule has 0 amide bonds. The Morgan fingerprint density at radius 2 is 1.57 bits per heavy atom. The summed E-state index contributed by atoms with van der Waals surface area (Å²) in [5, 5.41) is 0. The maximum absolute atomic E-state index is 3.88. The first-order chi connectivity index (χ1) is 10.1. The molecule has 0 heteroatoms. The zero-order valence-electron chi connectivity index (χ0n) is 12.6. The normalized spacial score (nSPS) is 19.7. The Morgan fingerprint density at radius 3 is 2.29 bits per heavy atom. The topological polar surface area (TPSA) is 0 Å². The second-order valence-corrected chi connectivity index (χ2v) is 5.96. The van der Waals surface area contributed by atoms with Crippen LogP contribution in [0.2, 0.25) is 0 Å². The van der Waals surface area contributed by atoms with Crippen LogP contribution in [0.3, 0.4) is 0 Å². The van der Waals surface area contributed by atoms with Crippen molar-refractivity contribution in [1.29, 1.82) is 0 Å². The molecule has 1 aliphatic rings. The zero-order chi connectivity index (χ0) is 14.9. The molecule has 3 rings (SSSR count). The average molecular weight is 272 g/mol. The van der Waals surface area contributed by atoms with Crippen LogP contribution in [0.5, 0.6) is 0 Å². The number of benzene rings is 2. The molecule has 0 aliphatic heterocycles. The van der Waals surface area contributed by atoms with Crippen molar-refractivity contribution < 1.29 is 0 Å². The van der Waals surface area contributed by atoms with E-state index in [-0.39, 0.29) is 5.41 Å². The van der Waals surface area contributed by atoms with Crippen molar-refractivity contribution in [3.63, 3.8) is 0 Å². The minimum atomic E-state index is 0.0152. The van der Waals surface area contributed by atoms with Gasteiger partial charge in [0.2, 0.25) is 0 Å². The summed E-state index contributed by atoms with van der Waals surface area (Å²) in [5.41, 5.74) is 6.61. The maximum Gasteiger partial charge on any atom is 0.0159 e. The molecule has 0 heterocycles. The van der Waals surface area contributed by atoms with Gasteiger partial charge in [-0.05, 0) is 27.8 Å². The fourth-order valence-corrected chi connectivity index (χ4v) is 3.16. The van der Waals surface area contributed by atoms with Gasteiger partial charge in [0.25, 0.3) is 0 Å². The van der Waals surface area contributed by atoms with Crippen molar-refractivity contribution >= 4 is 11.6 Å². The summed E-state index contributed by atoms with van der Waals surface area (Å²) in [6, 6.07) is 19.2. The van der Waals surface area contributed by atoms with Crippen LogP contribution in [0.15, 0.2) is 78.9 Å². The Balaban J connectivity index is 2.23. The summed E-state index contributed by atoms with van der Waals surface area (Å²) >= 11 is 0. The molecule has 0 spiro atoms. The first-order valence-corrected chi connectivity index (χ1v) is 7.35. The molecule has 0 aromatic heterocycles. The van der Waals surface area contributed by atoms with Crippen LogP contribution < -0.4 is 0 Å². The number of allylic oxidation sites excluding steroid dienone is 4. The van der Waals surface area contributed by atoms with Crippen molar-refractivity contribution in [3.05, 3.63) is 95.6 Å². The third kappa shape index (κ3) is 2.27. The molecule has 0 unspecified atom stereocenters. The van der Waals surface area contributed by atoms with Crippen LogP contribution in [-0.4, -0.2) is 0 Å². The van der Waals surface area contributed by atoms with Crippen LogP contribution in [0, 0.1) is 0 Å². The van der Waals surface area contributed by atoms with E-state index in [1.807, 2.05) is 6.08 Å². The zero-order valence-corrected chi connectivity index (χ0v) is 12.6. The highest BCUT2D eigenvalue weighted by atomic mass is 14.4. The fraction of sp³-hybridized carbons (Fsp3) is 0.143. The Labute approximate surface area is 127 Å². The SMILES string of the molecule is C=C/C=C1\C(=C/c2ccccc2)C(C)(C)c2ccccc21. The lowest BCUT2D eigenvalue weighted by molar-refractivity contribution is 0.665. The van der Waals surface area contributed by atoms with Crippen molar-refractivity contribution in [2.24, 2.45) is 0 Å². The third-order valence-electron chi connectivity index (χ3n) is 4.25. The van der Waals surface area contributed by atoms with Gasteiger partial charge in [-0.15, -0.1) is 0 Å². The summed E-state index contributed by atoms with van der Waals surface area (Å²) in [6.07, 6.45) is 6.31. The van der Waals surface area contributed by atoms with Crippen LogP contribution in [0.25, 0.3) is 11.6 Å². The van der Waals surface area contributed by atoms with Crippen LogP contribution in [-0.2, 0) is 5.41 Å². The summed E-state index contributed by atoms with van der Waals surface area (Å²) in [7, 11) is 0. The predicted octanol–water partition coefficient (Wildman–Crippen LogP) is 5.63. The molecule has 0 saturated heterocycles. The number of hydrogen-bond acceptors (Lipinski definition) is 0. The Hall–Kier alpha value is -2.34. The van der Waals surface area contributed by atoms with Gasteiger partial charge in [0, 0.05) is 5.41 Å². The van der Waals surface area contributed by atoms with Crippen molar-refractivity contribution in [1.82, 2.24) is 0 Å². The van der Waals surface area contributed by atoms with Gasteiger partial charge in [-0.2, -0.15) is 0 Å². The van der Waals surface area contributed by atoms with E-state index in [4.69, 9.17) is 0 Å². The van der Waals surface area contributed by atoms with Gasteiger partial charge in [-0.25, -0.2) is 0 Å². The van der Waals surface area contributed by atoms with E-state index in [0.717, 1.165) is 0 Å². The molecule has 0 nitrogen and oxygen atoms in total. The first-order valence-electron chi connectivity index (χ1n) is 7.35. The molecule has 0 radical (unpaired) electrons. The van der Waals surface area contributed by atoms with E-state index in [1.165, 1.54) is 27.8 Å². The monoisotopic (exact) mass is 272 g/mol. The maximum atomic E-state index is 3.88. The van der Waals surface area contributed by atoms with Crippen LogP contribution in [0.4, 0.5) is 0 Å². The summed E-state index contributed by atoms with van der Waals surface area (Å²) in [5.74, 6) is 0. The highest BCUT2D eigenvalue weighted by molar-refractivity contribution is 5.94. The number of rotatable bonds is 2. The van der Waals surface area contributed by atoms with E-state index in [0.29, 0.717) is 0 Å². The standard InChI is InChI=1S/C21H20/c1-4-10-17-18-13-8-9-14-19(18)21(2,3)20(17)15-16-11-6-5-7-12-16/h4-15H,1H2,2-3H3/b17-10-,20-15+. The number of hydrogen-bond donors (Lipinski definition) is 0. The second-order valence-electron chi connectivity index (χ2n) is 5.96. The van der Waals surface area contributed by atoms with Crippen molar-refractivity contribution in [2.75, 3.05) is 0 Å². The van der Waals surface area contributed by atoms with Gasteiger partial charge in [0.15, 0.2) is 0 Å². The average Bonchev–Trinajstić information content (AvgIpc) is 2.71. The van der Waals surface area contributed by atoms with Crippen molar-refractivity contribution in [2.45, 2.75) is 19.3 Å². The molecule has 2 aromatic rings. The molecular formula is C21H20. The smallest absolute Gasteiger partial charge is 0.0159 e. The number of fused-ring (bicyclic) bond motifs is 1. The van der Waals surface area contributed by atoms with Gasteiger partial charge in [-0.1, -0.05) is 93.3 Å². The molecule has 104 valence electrons. The minimum Gasteiger partial charge on any atom is -0.0990 e. The van der Waals surface area contributed by atoms with Gasteiger partial charge in [0.05, 0.1) is 0 Å². The summed E-state index contributed by atoms with van der Waals surface area (Å²) in [6.45, 7) is 8.48. The molecule has 0 saturated carbocycles. The van der Waals surface area contributed by atoms with E-state index in [2.05, 4.69) is 87.2 Å². The molecule has 0 fully saturated rings. The van der Waals surface area contributed by atoms with E-state index < -0.39 is 0 Å². The summed E-state index contributed by atoms with van der Waals surface area (Å²) < 4.78 is 0. The highest BCUT2D eigenvalue weighted by Crippen LogP contribution is 2.50. The van der Waals surface area contributed by atoms with E-state index >= 15 is 0 Å². The highest BCUT2D eigenvalue weighted by Gasteiger charge is 2.37. The molecule has 1 aliphatic carbocycles. The first kappa shape index (κ1) is 13.6. The van der Waals surface area contributed by atoms with E-state index in [9.17, 15) is 0 Å². The third-order valence-corrected chi connectivity index (χ3v) is 4.25. The largest absolute Gasteiger partial charge is 0.0990 e. The van der Waals surface area contributed by atoms with Crippen LogP contribution >= 0.6 is 0 Å². The molecule has 2 aromatic carbocycles.